The summed E-state index contributed by atoms with van der Waals surface area (Å²) in [7, 11) is 0. The third-order valence-corrected chi connectivity index (χ3v) is 7.27. The molecule has 0 fully saturated rings. The predicted octanol–water partition coefficient (Wildman–Crippen LogP) is 7.44. The number of pyridine rings is 3. The fourth-order valence-electron chi connectivity index (χ4n) is 3.77. The van der Waals surface area contributed by atoms with Gasteiger partial charge in [-0.25, -0.2) is 9.78 Å². The standard InChI is InChI=1S/C26H23Cl2F3N4O3S/c1-24(2,3)38-23(36)35-19(20-16(27)5-6-18(28)34-20)15-12-39-22-14(15)8-10-33-21(22)17-11-13(7-9-32-17)25(4,37)26(29,30)31/h5-12,19,37H,1-4H3,(H,35,36). The van der Waals surface area contributed by atoms with Crippen LogP contribution in [-0.2, 0) is 10.3 Å². The van der Waals surface area contributed by atoms with Crippen LogP contribution >= 0.6 is 34.5 Å². The Morgan fingerprint density at radius 2 is 1.77 bits per heavy atom. The van der Waals surface area contributed by atoms with Crippen LogP contribution in [0.25, 0.3) is 21.5 Å². The molecule has 7 nitrogen and oxygen atoms in total. The smallest absolute Gasteiger partial charge is 0.421 e. The van der Waals surface area contributed by atoms with E-state index in [2.05, 4.69) is 20.3 Å². The number of nitrogens with one attached hydrogen (secondary N) is 1. The van der Waals surface area contributed by atoms with Gasteiger partial charge in [-0.15, -0.1) is 11.3 Å². The highest BCUT2D eigenvalue weighted by Crippen LogP contribution is 2.42. The summed E-state index contributed by atoms with van der Waals surface area (Å²) in [6.45, 7) is 5.85. The maximum Gasteiger partial charge on any atom is 0.421 e. The summed E-state index contributed by atoms with van der Waals surface area (Å²) in [5, 5.41) is 15.8. The minimum Gasteiger partial charge on any atom is -0.444 e. The highest BCUT2D eigenvalue weighted by molar-refractivity contribution is 7.18. The number of halogens is 5. The topological polar surface area (TPSA) is 97.2 Å². The van der Waals surface area contributed by atoms with E-state index in [9.17, 15) is 23.1 Å². The van der Waals surface area contributed by atoms with Crippen molar-refractivity contribution < 1.29 is 27.8 Å². The van der Waals surface area contributed by atoms with Crippen LogP contribution in [0.1, 0.15) is 50.6 Å². The molecule has 0 bridgehead atoms. The molecule has 39 heavy (non-hydrogen) atoms. The van der Waals surface area contributed by atoms with E-state index in [0.717, 1.165) is 12.1 Å². The van der Waals surface area contributed by atoms with Gasteiger partial charge < -0.3 is 15.2 Å². The molecule has 0 saturated carbocycles. The molecule has 0 aliphatic carbocycles. The minimum atomic E-state index is -4.90. The van der Waals surface area contributed by atoms with Gasteiger partial charge in [-0.1, -0.05) is 23.2 Å². The second-order valence-corrected chi connectivity index (χ2v) is 11.5. The number of hydrogen-bond acceptors (Lipinski definition) is 7. The second kappa shape index (κ2) is 10.5. The Bertz CT molecular complexity index is 1540. The van der Waals surface area contributed by atoms with Crippen molar-refractivity contribution >= 4 is 50.7 Å². The van der Waals surface area contributed by atoms with Crippen molar-refractivity contribution in [2.75, 3.05) is 0 Å². The normalized spacial score (nSPS) is 14.6. The van der Waals surface area contributed by atoms with Gasteiger partial charge in [0.15, 0.2) is 5.60 Å². The van der Waals surface area contributed by atoms with E-state index in [0.29, 0.717) is 28.3 Å². The Morgan fingerprint density at radius 1 is 1.08 bits per heavy atom. The number of carbonyl (C=O) groups excluding carboxylic acids is 1. The van der Waals surface area contributed by atoms with Crippen LogP contribution in [0.2, 0.25) is 10.2 Å². The van der Waals surface area contributed by atoms with E-state index in [1.165, 1.54) is 29.8 Å². The first kappa shape index (κ1) is 29.0. The summed E-state index contributed by atoms with van der Waals surface area (Å²) in [5.41, 5.74) is -2.96. The molecule has 0 spiro atoms. The number of hydrogen-bond donors (Lipinski definition) is 2. The van der Waals surface area contributed by atoms with E-state index in [1.54, 1.807) is 38.3 Å². The van der Waals surface area contributed by atoms with Crippen LogP contribution in [0.15, 0.2) is 48.1 Å². The zero-order valence-electron chi connectivity index (χ0n) is 21.1. The van der Waals surface area contributed by atoms with Crippen molar-refractivity contribution in [1.82, 2.24) is 20.3 Å². The third-order valence-electron chi connectivity index (χ3n) is 5.72. The largest absolute Gasteiger partial charge is 0.444 e. The minimum absolute atomic E-state index is 0.131. The number of fused-ring (bicyclic) bond motifs is 1. The molecule has 206 valence electrons. The van der Waals surface area contributed by atoms with Crippen LogP contribution < -0.4 is 5.32 Å². The summed E-state index contributed by atoms with van der Waals surface area (Å²) in [6, 6.07) is 6.13. The average molecular weight is 599 g/mol. The summed E-state index contributed by atoms with van der Waals surface area (Å²) in [4.78, 5) is 25.7. The lowest BCUT2D eigenvalue weighted by Crippen LogP contribution is -2.39. The second-order valence-electron chi connectivity index (χ2n) is 9.81. The lowest BCUT2D eigenvalue weighted by molar-refractivity contribution is -0.258. The summed E-state index contributed by atoms with van der Waals surface area (Å²) < 4.78 is 46.4. The van der Waals surface area contributed by atoms with Gasteiger partial charge in [0.25, 0.3) is 0 Å². The van der Waals surface area contributed by atoms with Crippen LogP contribution in [0, 0.1) is 0 Å². The van der Waals surface area contributed by atoms with E-state index in [1.807, 2.05) is 0 Å². The first-order valence-corrected chi connectivity index (χ1v) is 13.2. The van der Waals surface area contributed by atoms with Crippen molar-refractivity contribution in [3.05, 3.63) is 75.1 Å². The molecule has 0 saturated heterocycles. The van der Waals surface area contributed by atoms with Crippen molar-refractivity contribution in [3.8, 4) is 11.4 Å². The average Bonchev–Trinajstić information content (AvgIpc) is 3.26. The molecule has 4 rings (SSSR count). The Balaban J connectivity index is 1.84. The van der Waals surface area contributed by atoms with Crippen LogP contribution in [-0.4, -0.2) is 37.9 Å². The Morgan fingerprint density at radius 3 is 2.44 bits per heavy atom. The summed E-state index contributed by atoms with van der Waals surface area (Å²) >= 11 is 13.8. The lowest BCUT2D eigenvalue weighted by Gasteiger charge is -2.26. The number of aliphatic hydroxyl groups is 1. The van der Waals surface area contributed by atoms with Gasteiger partial charge in [0.2, 0.25) is 0 Å². The molecule has 0 aliphatic heterocycles. The monoisotopic (exact) mass is 598 g/mol. The van der Waals surface area contributed by atoms with Gasteiger partial charge in [0, 0.05) is 17.8 Å². The predicted molar refractivity (Wildman–Crippen MR) is 144 cm³/mol. The van der Waals surface area contributed by atoms with Crippen LogP contribution in [0.5, 0.6) is 0 Å². The van der Waals surface area contributed by atoms with Gasteiger partial charge in [-0.05, 0) is 74.5 Å². The molecule has 0 aromatic carbocycles. The lowest BCUT2D eigenvalue weighted by atomic mass is 9.95. The van der Waals surface area contributed by atoms with E-state index >= 15 is 0 Å². The van der Waals surface area contributed by atoms with Gasteiger partial charge in [0.1, 0.15) is 22.5 Å². The van der Waals surface area contributed by atoms with Crippen LogP contribution in [0.3, 0.4) is 0 Å². The number of ether oxygens (including phenoxy) is 1. The van der Waals surface area contributed by atoms with Gasteiger partial charge in [-0.2, -0.15) is 13.2 Å². The van der Waals surface area contributed by atoms with Gasteiger partial charge in [-0.3, -0.25) is 9.97 Å². The molecule has 2 N–H and O–H groups in total. The molecular formula is C26H23Cl2F3N4O3S. The van der Waals surface area contributed by atoms with Gasteiger partial charge >= 0.3 is 12.3 Å². The molecule has 2 unspecified atom stereocenters. The maximum absolute atomic E-state index is 13.5. The van der Waals surface area contributed by atoms with Gasteiger partial charge in [0.05, 0.1) is 21.1 Å². The summed E-state index contributed by atoms with van der Waals surface area (Å²) in [5.74, 6) is 0. The number of amides is 1. The highest BCUT2D eigenvalue weighted by Gasteiger charge is 2.51. The number of carbonyl (C=O) groups is 1. The van der Waals surface area contributed by atoms with E-state index in [-0.39, 0.29) is 27.1 Å². The Hall–Kier alpha value is -2.99. The zero-order chi connectivity index (χ0) is 28.8. The Kier molecular flexibility index (Phi) is 7.83. The van der Waals surface area contributed by atoms with Crippen molar-refractivity contribution in [3.63, 3.8) is 0 Å². The SMILES string of the molecule is CC(C)(C)OC(=O)NC(c1nc(Cl)ccc1Cl)c1csc2c(-c3cc(C(C)(O)C(F)(F)F)ccn3)nccc12. The highest BCUT2D eigenvalue weighted by atomic mass is 35.5. The zero-order valence-corrected chi connectivity index (χ0v) is 23.4. The quantitative estimate of drug-likeness (QED) is 0.232. The number of alkyl carbamates (subject to hydrolysis) is 1. The first-order chi connectivity index (χ1) is 18.1. The maximum atomic E-state index is 13.5. The van der Waals surface area contributed by atoms with E-state index < -0.39 is 29.5 Å². The number of nitrogens with zero attached hydrogens (tertiary/aromatic N) is 3. The molecule has 13 heteroatoms. The molecule has 0 radical (unpaired) electrons. The molecule has 4 aromatic heterocycles. The fourth-order valence-corrected chi connectivity index (χ4v) is 5.23. The Labute approximate surface area is 236 Å². The first-order valence-electron chi connectivity index (χ1n) is 11.5. The molecule has 0 aliphatic rings. The molecule has 2 atom stereocenters. The van der Waals surface area contributed by atoms with Crippen molar-refractivity contribution in [1.29, 1.82) is 0 Å². The molecule has 4 heterocycles. The number of rotatable bonds is 5. The molecular weight excluding hydrogens is 576 g/mol. The number of thiophene rings is 1. The van der Waals surface area contributed by atoms with E-state index in [4.69, 9.17) is 27.9 Å². The number of alkyl halides is 3. The third kappa shape index (κ3) is 6.11. The number of aromatic nitrogens is 3. The van der Waals surface area contributed by atoms with Crippen LogP contribution in [0.4, 0.5) is 18.0 Å². The molecule has 1 amide bonds. The van der Waals surface area contributed by atoms with Crippen molar-refractivity contribution in [2.45, 2.75) is 51.1 Å². The van der Waals surface area contributed by atoms with Crippen molar-refractivity contribution in [2.24, 2.45) is 0 Å². The molecule has 4 aromatic rings. The summed E-state index contributed by atoms with van der Waals surface area (Å²) in [6.07, 6.45) is -2.96. The fraction of sp³-hybridized carbons (Fsp3) is 0.308.